The molecule has 0 spiro atoms. The molecule has 0 aliphatic rings. The second-order valence-electron chi connectivity index (χ2n) is 3.44. The third-order valence-corrected chi connectivity index (χ3v) is 2.83. The van der Waals surface area contributed by atoms with Gasteiger partial charge in [-0.2, -0.15) is 0 Å². The molecule has 4 nitrogen and oxygen atoms in total. The van der Waals surface area contributed by atoms with Crippen molar-refractivity contribution < 1.29 is 19.1 Å². The maximum atomic E-state index is 11.0. The van der Waals surface area contributed by atoms with Gasteiger partial charge < -0.3 is 14.3 Å². The van der Waals surface area contributed by atoms with Gasteiger partial charge in [0.05, 0.1) is 0 Å². The van der Waals surface area contributed by atoms with Crippen LogP contribution in [0.2, 0.25) is 5.02 Å². The van der Waals surface area contributed by atoms with Crippen molar-refractivity contribution in [3.8, 4) is 5.75 Å². The van der Waals surface area contributed by atoms with Gasteiger partial charge in [0.1, 0.15) is 23.7 Å². The standard InChI is InChI=1S/C12H8BrClO4/c13-11-4-2-8(18-11)6-17-10-3-1-7(14)5-9(10)12(15)16/h1-5H,6H2,(H,15,16). The zero-order chi connectivity index (χ0) is 13.1. The Kier molecular flexibility index (Phi) is 3.93. The van der Waals surface area contributed by atoms with Gasteiger partial charge in [0.2, 0.25) is 0 Å². The summed E-state index contributed by atoms with van der Waals surface area (Å²) in [7, 11) is 0. The lowest BCUT2D eigenvalue weighted by Gasteiger charge is -2.07. The van der Waals surface area contributed by atoms with Gasteiger partial charge in [-0.25, -0.2) is 4.79 Å². The van der Waals surface area contributed by atoms with E-state index in [0.717, 1.165) is 0 Å². The third kappa shape index (κ3) is 3.05. The van der Waals surface area contributed by atoms with E-state index < -0.39 is 5.97 Å². The van der Waals surface area contributed by atoms with Gasteiger partial charge in [0, 0.05) is 5.02 Å². The van der Waals surface area contributed by atoms with Crippen molar-refractivity contribution in [2.45, 2.75) is 6.61 Å². The quantitative estimate of drug-likeness (QED) is 0.921. The summed E-state index contributed by atoms with van der Waals surface area (Å²) in [5, 5.41) is 9.37. The Bertz CT molecular complexity index is 579. The molecule has 6 heteroatoms. The molecule has 0 aliphatic carbocycles. The fourth-order valence-electron chi connectivity index (χ4n) is 1.37. The minimum atomic E-state index is -1.09. The van der Waals surface area contributed by atoms with E-state index in [9.17, 15) is 4.79 Å². The molecular weight excluding hydrogens is 323 g/mol. The van der Waals surface area contributed by atoms with Crippen LogP contribution < -0.4 is 4.74 Å². The molecule has 0 fully saturated rings. The Labute approximate surface area is 116 Å². The molecule has 1 aromatic carbocycles. The Morgan fingerprint density at radius 1 is 1.39 bits per heavy atom. The summed E-state index contributed by atoms with van der Waals surface area (Å²) in [6.45, 7) is 0.146. The van der Waals surface area contributed by atoms with Gasteiger partial charge in [-0.15, -0.1) is 0 Å². The molecule has 1 N–H and O–H groups in total. The van der Waals surface area contributed by atoms with E-state index in [-0.39, 0.29) is 17.9 Å². The van der Waals surface area contributed by atoms with Gasteiger partial charge >= 0.3 is 5.97 Å². The van der Waals surface area contributed by atoms with Gasteiger partial charge in [0.25, 0.3) is 0 Å². The fraction of sp³-hybridized carbons (Fsp3) is 0.0833. The highest BCUT2D eigenvalue weighted by atomic mass is 79.9. The number of rotatable bonds is 4. The predicted octanol–water partition coefficient (Wildman–Crippen LogP) is 3.97. The number of carboxylic acid groups (broad SMARTS) is 1. The first-order chi connectivity index (χ1) is 8.56. The first-order valence-corrected chi connectivity index (χ1v) is 6.13. The summed E-state index contributed by atoms with van der Waals surface area (Å²) in [6, 6.07) is 7.90. The highest BCUT2D eigenvalue weighted by Gasteiger charge is 2.12. The molecule has 1 heterocycles. The van der Waals surface area contributed by atoms with E-state index in [0.29, 0.717) is 15.5 Å². The van der Waals surface area contributed by atoms with Crippen molar-refractivity contribution in [1.82, 2.24) is 0 Å². The molecule has 2 aromatic rings. The maximum Gasteiger partial charge on any atom is 0.339 e. The van der Waals surface area contributed by atoms with Crippen LogP contribution in [0.25, 0.3) is 0 Å². The average Bonchev–Trinajstić information content (AvgIpc) is 2.73. The second kappa shape index (κ2) is 5.46. The van der Waals surface area contributed by atoms with Crippen LogP contribution in [0, 0.1) is 0 Å². The Balaban J connectivity index is 2.16. The van der Waals surface area contributed by atoms with Crippen LogP contribution in [-0.4, -0.2) is 11.1 Å². The van der Waals surface area contributed by atoms with Crippen LogP contribution in [0.3, 0.4) is 0 Å². The Morgan fingerprint density at radius 2 is 2.17 bits per heavy atom. The first kappa shape index (κ1) is 13.0. The van der Waals surface area contributed by atoms with E-state index in [2.05, 4.69) is 15.9 Å². The van der Waals surface area contributed by atoms with E-state index in [1.807, 2.05) is 0 Å². The highest BCUT2D eigenvalue weighted by molar-refractivity contribution is 9.10. The summed E-state index contributed by atoms with van der Waals surface area (Å²) in [4.78, 5) is 11.0. The van der Waals surface area contributed by atoms with Gasteiger partial charge in [0.15, 0.2) is 4.67 Å². The molecule has 94 valence electrons. The number of carboxylic acids is 1. The summed E-state index contributed by atoms with van der Waals surface area (Å²) in [6.07, 6.45) is 0. The number of hydrogen-bond donors (Lipinski definition) is 1. The SMILES string of the molecule is O=C(O)c1cc(Cl)ccc1OCc1ccc(Br)o1. The summed E-state index contributed by atoms with van der Waals surface area (Å²) < 4.78 is 11.2. The molecule has 0 bridgehead atoms. The van der Waals surface area contributed by atoms with Crippen molar-refractivity contribution >= 4 is 33.5 Å². The summed E-state index contributed by atoms with van der Waals surface area (Å²) in [5.74, 6) is -0.249. The zero-order valence-corrected chi connectivity index (χ0v) is 11.4. The smallest absolute Gasteiger partial charge is 0.339 e. The molecule has 18 heavy (non-hydrogen) atoms. The van der Waals surface area contributed by atoms with E-state index in [1.165, 1.54) is 12.1 Å². The van der Waals surface area contributed by atoms with Crippen LogP contribution in [0.15, 0.2) is 39.4 Å². The maximum absolute atomic E-state index is 11.0. The molecule has 0 atom stereocenters. The number of ether oxygens (including phenoxy) is 1. The predicted molar refractivity (Wildman–Crippen MR) is 69.2 cm³/mol. The van der Waals surface area contributed by atoms with Crippen molar-refractivity contribution in [3.05, 3.63) is 51.3 Å². The molecule has 0 amide bonds. The lowest BCUT2D eigenvalue weighted by atomic mass is 10.2. The molecule has 0 radical (unpaired) electrons. The Hall–Kier alpha value is -1.46. The summed E-state index contributed by atoms with van der Waals surface area (Å²) in [5.41, 5.74) is 0.0214. The van der Waals surface area contributed by atoms with Crippen molar-refractivity contribution in [1.29, 1.82) is 0 Å². The van der Waals surface area contributed by atoms with Crippen molar-refractivity contribution in [2.75, 3.05) is 0 Å². The largest absolute Gasteiger partial charge is 0.485 e. The number of halogens is 2. The van der Waals surface area contributed by atoms with Crippen LogP contribution in [-0.2, 0) is 6.61 Å². The van der Waals surface area contributed by atoms with Crippen LogP contribution >= 0.6 is 27.5 Å². The number of furan rings is 1. The number of hydrogen-bond acceptors (Lipinski definition) is 3. The van der Waals surface area contributed by atoms with Gasteiger partial charge in [-0.1, -0.05) is 11.6 Å². The van der Waals surface area contributed by atoms with Crippen molar-refractivity contribution in [2.24, 2.45) is 0 Å². The lowest BCUT2D eigenvalue weighted by molar-refractivity contribution is 0.0691. The molecule has 0 saturated carbocycles. The fourth-order valence-corrected chi connectivity index (χ4v) is 1.89. The highest BCUT2D eigenvalue weighted by Crippen LogP contribution is 2.24. The monoisotopic (exact) mass is 330 g/mol. The van der Waals surface area contributed by atoms with Gasteiger partial charge in [-0.3, -0.25) is 0 Å². The van der Waals surface area contributed by atoms with E-state index in [4.69, 9.17) is 25.9 Å². The molecule has 0 saturated heterocycles. The Morgan fingerprint density at radius 3 is 2.78 bits per heavy atom. The lowest BCUT2D eigenvalue weighted by Crippen LogP contribution is -2.03. The summed E-state index contributed by atoms with van der Waals surface area (Å²) >= 11 is 8.91. The number of carbonyl (C=O) groups is 1. The van der Waals surface area contributed by atoms with Crippen LogP contribution in [0.1, 0.15) is 16.1 Å². The van der Waals surface area contributed by atoms with E-state index >= 15 is 0 Å². The van der Waals surface area contributed by atoms with Crippen LogP contribution in [0.5, 0.6) is 5.75 Å². The minimum absolute atomic E-state index is 0.0214. The molecule has 0 aliphatic heterocycles. The van der Waals surface area contributed by atoms with Crippen molar-refractivity contribution in [3.63, 3.8) is 0 Å². The molecular formula is C12H8BrClO4. The average molecular weight is 332 g/mol. The normalized spacial score (nSPS) is 10.3. The molecule has 0 unspecified atom stereocenters. The first-order valence-electron chi connectivity index (χ1n) is 4.96. The topological polar surface area (TPSA) is 59.7 Å². The third-order valence-electron chi connectivity index (χ3n) is 2.17. The van der Waals surface area contributed by atoms with Gasteiger partial charge in [-0.05, 0) is 46.3 Å². The van der Waals surface area contributed by atoms with E-state index in [1.54, 1.807) is 18.2 Å². The number of aromatic carboxylic acids is 1. The zero-order valence-electron chi connectivity index (χ0n) is 9.02. The second-order valence-corrected chi connectivity index (χ2v) is 4.66. The molecule has 1 aromatic heterocycles. The minimum Gasteiger partial charge on any atom is -0.485 e. The van der Waals surface area contributed by atoms with Crippen LogP contribution in [0.4, 0.5) is 0 Å². The molecule has 2 rings (SSSR count). The number of benzene rings is 1.